The van der Waals surface area contributed by atoms with Crippen molar-refractivity contribution in [3.63, 3.8) is 0 Å². The predicted molar refractivity (Wildman–Crippen MR) is 130 cm³/mol. The minimum absolute atomic E-state index is 0.254. The van der Waals surface area contributed by atoms with Gasteiger partial charge in [0, 0.05) is 0 Å². The summed E-state index contributed by atoms with van der Waals surface area (Å²) >= 11 is 0. The van der Waals surface area contributed by atoms with Gasteiger partial charge in [0.2, 0.25) is 0 Å². The van der Waals surface area contributed by atoms with Crippen molar-refractivity contribution < 1.29 is 9.59 Å². The first kappa shape index (κ1) is 22.6. The molecule has 31 heavy (non-hydrogen) atoms. The van der Waals surface area contributed by atoms with Crippen LogP contribution >= 0.6 is 0 Å². The summed E-state index contributed by atoms with van der Waals surface area (Å²) in [5, 5.41) is 12.4. The number of aliphatic hydroxyl groups is 1. The third-order valence-corrected chi connectivity index (χ3v) is 8.39. The summed E-state index contributed by atoms with van der Waals surface area (Å²) in [5.41, 5.74) is 1.19. The minimum Gasteiger partial charge on any atom is -0.380 e. The Kier molecular flexibility index (Phi) is 7.51. The second kappa shape index (κ2) is 10.3. The van der Waals surface area contributed by atoms with Crippen LogP contribution in [0.15, 0.2) is 60.7 Å². The van der Waals surface area contributed by atoms with Crippen molar-refractivity contribution in [1.82, 2.24) is 0 Å². The first-order chi connectivity index (χ1) is 15.2. The largest absolute Gasteiger partial charge is 0.380 e. The summed E-state index contributed by atoms with van der Waals surface area (Å²) in [4.78, 5) is 0. The van der Waals surface area contributed by atoms with Gasteiger partial charge in [-0.3, -0.25) is 0 Å². The predicted octanol–water partition coefficient (Wildman–Crippen LogP) is 6.53. The number of unbranched alkanes of at least 4 members (excludes halogenated alkanes) is 2. The Bertz CT molecular complexity index is 726. The molecule has 2 heteroatoms. The van der Waals surface area contributed by atoms with Gasteiger partial charge in [-0.25, -0.2) is 0 Å². The number of hydrogen-bond donors (Lipinski definition) is 1. The molecule has 1 unspecified atom stereocenters. The molecule has 2 aromatic carbocycles. The normalized spacial score (nSPS) is 24.3. The molecule has 0 radical (unpaired) electrons. The van der Waals surface area contributed by atoms with Crippen LogP contribution < -0.4 is 0 Å². The van der Waals surface area contributed by atoms with E-state index in [0.29, 0.717) is 0 Å². The van der Waals surface area contributed by atoms with Crippen LogP contribution in [0.2, 0.25) is 0 Å². The molecule has 1 atom stereocenters. The Hall–Kier alpha value is -1.64. The second-order valence-corrected chi connectivity index (χ2v) is 10.3. The lowest BCUT2D eigenvalue weighted by atomic mass is 9.72. The van der Waals surface area contributed by atoms with Crippen molar-refractivity contribution in [3.8, 4) is 0 Å². The summed E-state index contributed by atoms with van der Waals surface area (Å²) < 4.78 is 1.35. The third-order valence-electron chi connectivity index (χ3n) is 8.39. The van der Waals surface area contributed by atoms with Crippen molar-refractivity contribution in [2.45, 2.75) is 70.3 Å². The zero-order chi connectivity index (χ0) is 21.6. The molecule has 0 amide bonds. The number of hydrogen-bond acceptors (Lipinski definition) is 1. The fourth-order valence-electron chi connectivity index (χ4n) is 6.37. The Morgan fingerprint density at radius 3 is 1.84 bits per heavy atom. The van der Waals surface area contributed by atoms with Gasteiger partial charge in [-0.05, 0) is 61.5 Å². The van der Waals surface area contributed by atoms with Crippen LogP contribution in [0.3, 0.4) is 0 Å². The molecule has 1 N–H and O–H groups in total. The molecule has 3 fully saturated rings. The quantitative estimate of drug-likeness (QED) is 0.324. The number of nitrogens with zero attached hydrogens (tertiary/aromatic N) is 1. The van der Waals surface area contributed by atoms with Gasteiger partial charge in [0.1, 0.15) is 5.60 Å². The number of rotatable bonds is 11. The number of fused-ring (bicyclic) bond motifs is 3. The van der Waals surface area contributed by atoms with Crippen molar-refractivity contribution in [3.05, 3.63) is 71.8 Å². The molecule has 2 nitrogen and oxygen atoms in total. The van der Waals surface area contributed by atoms with Gasteiger partial charge in [0.25, 0.3) is 0 Å². The lowest BCUT2D eigenvalue weighted by Crippen LogP contribution is -2.58. The van der Waals surface area contributed by atoms with E-state index in [2.05, 4.69) is 67.6 Å². The molecule has 3 saturated heterocycles. The molecule has 5 rings (SSSR count). The van der Waals surface area contributed by atoms with E-state index < -0.39 is 5.60 Å². The van der Waals surface area contributed by atoms with Gasteiger partial charge in [-0.2, -0.15) is 0 Å². The Balaban J connectivity index is 1.55. The van der Waals surface area contributed by atoms with Crippen LogP contribution in [-0.4, -0.2) is 35.8 Å². The lowest BCUT2D eigenvalue weighted by Gasteiger charge is -2.49. The van der Waals surface area contributed by atoms with Crippen LogP contribution in [0.4, 0.5) is 0 Å². The molecule has 168 valence electrons. The highest BCUT2D eigenvalue weighted by atomic mass is 16.3. The number of benzene rings is 2. The average Bonchev–Trinajstić information content (AvgIpc) is 2.85. The standard InChI is InChI=1S/C29H42NO/c1-2-3-6-12-28(17-11-21-30-22-18-25(19-23-30)20-24-30)29(31,26-13-7-4-8-14-26)27-15-9-5-10-16-27/h4-5,7-10,13-16,25,28,31H,2-3,6,11-12,17-24H2,1H3/q+1. The van der Waals surface area contributed by atoms with Gasteiger partial charge in [-0.15, -0.1) is 0 Å². The first-order valence-electron chi connectivity index (χ1n) is 12.8. The molecule has 3 heterocycles. The van der Waals surface area contributed by atoms with Crippen LogP contribution in [0, 0.1) is 11.8 Å². The van der Waals surface area contributed by atoms with Crippen molar-refractivity contribution in [2.75, 3.05) is 26.2 Å². The Labute approximate surface area is 189 Å². The van der Waals surface area contributed by atoms with Gasteiger partial charge in [0.05, 0.1) is 26.2 Å². The maximum Gasteiger partial charge on any atom is 0.117 e. The lowest BCUT2D eigenvalue weighted by molar-refractivity contribution is -0.942. The first-order valence-corrected chi connectivity index (χ1v) is 12.8. The van der Waals surface area contributed by atoms with Crippen LogP contribution in [0.5, 0.6) is 0 Å². The average molecular weight is 421 g/mol. The summed E-state index contributed by atoms with van der Waals surface area (Å²) in [5.74, 6) is 1.27. The van der Waals surface area contributed by atoms with Gasteiger partial charge in [-0.1, -0.05) is 86.8 Å². The van der Waals surface area contributed by atoms with E-state index in [1.165, 1.54) is 75.6 Å². The van der Waals surface area contributed by atoms with E-state index in [9.17, 15) is 5.11 Å². The SMILES string of the molecule is CCCCCC(CCC[N+]12CCC(CC1)CC2)C(O)(c1ccccc1)c1ccccc1. The second-order valence-electron chi connectivity index (χ2n) is 10.3. The smallest absolute Gasteiger partial charge is 0.117 e. The van der Waals surface area contributed by atoms with Gasteiger partial charge >= 0.3 is 0 Å². The summed E-state index contributed by atoms with van der Waals surface area (Å²) in [6.07, 6.45) is 11.4. The van der Waals surface area contributed by atoms with E-state index >= 15 is 0 Å². The molecule has 0 aliphatic carbocycles. The maximum atomic E-state index is 12.4. The van der Waals surface area contributed by atoms with Crippen LogP contribution in [0.1, 0.15) is 75.8 Å². The molecule has 0 spiro atoms. The Morgan fingerprint density at radius 1 is 0.806 bits per heavy atom. The molecular formula is C29H42NO+. The van der Waals surface area contributed by atoms with Crippen molar-refractivity contribution in [1.29, 1.82) is 0 Å². The molecule has 3 aliphatic rings. The van der Waals surface area contributed by atoms with E-state index in [-0.39, 0.29) is 5.92 Å². The fourth-order valence-corrected chi connectivity index (χ4v) is 6.37. The number of piperidine rings is 3. The molecule has 2 bridgehead atoms. The highest BCUT2D eigenvalue weighted by Crippen LogP contribution is 2.42. The van der Waals surface area contributed by atoms with E-state index in [4.69, 9.17) is 0 Å². The molecule has 0 saturated carbocycles. The third kappa shape index (κ3) is 5.07. The Morgan fingerprint density at radius 2 is 1.32 bits per heavy atom. The van der Waals surface area contributed by atoms with Crippen LogP contribution in [-0.2, 0) is 5.60 Å². The minimum atomic E-state index is -0.912. The van der Waals surface area contributed by atoms with Gasteiger partial charge in [0.15, 0.2) is 0 Å². The van der Waals surface area contributed by atoms with Crippen molar-refractivity contribution in [2.24, 2.45) is 11.8 Å². The highest BCUT2D eigenvalue weighted by molar-refractivity contribution is 5.37. The topological polar surface area (TPSA) is 20.2 Å². The van der Waals surface area contributed by atoms with E-state index in [1.807, 2.05) is 0 Å². The molecule has 0 aromatic heterocycles. The van der Waals surface area contributed by atoms with E-state index in [1.54, 1.807) is 0 Å². The summed E-state index contributed by atoms with van der Waals surface area (Å²) in [6.45, 7) is 7.76. The number of quaternary nitrogens is 1. The van der Waals surface area contributed by atoms with Gasteiger partial charge < -0.3 is 9.59 Å². The monoisotopic (exact) mass is 420 g/mol. The van der Waals surface area contributed by atoms with E-state index in [0.717, 1.165) is 29.9 Å². The zero-order valence-electron chi connectivity index (χ0n) is 19.5. The maximum absolute atomic E-state index is 12.4. The zero-order valence-corrected chi connectivity index (χ0v) is 19.5. The van der Waals surface area contributed by atoms with Crippen LogP contribution in [0.25, 0.3) is 0 Å². The summed E-state index contributed by atoms with van der Waals surface area (Å²) in [7, 11) is 0. The fraction of sp³-hybridized carbons (Fsp3) is 0.586. The van der Waals surface area contributed by atoms with Crippen molar-refractivity contribution >= 4 is 0 Å². The molecule has 3 aliphatic heterocycles. The summed E-state index contributed by atoms with van der Waals surface area (Å²) in [6, 6.07) is 20.9. The molecular weight excluding hydrogens is 378 g/mol. The highest BCUT2D eigenvalue weighted by Gasteiger charge is 2.42. The molecule has 2 aromatic rings.